The number of aromatic nitrogens is 2. The molecule has 9 heteroatoms. The minimum Gasteiger partial charge on any atom is -0.394 e. The van der Waals surface area contributed by atoms with Crippen LogP contribution in [0.5, 0.6) is 0 Å². The zero-order valence-corrected chi connectivity index (χ0v) is 20.0. The average molecular weight is 500 g/mol. The van der Waals surface area contributed by atoms with Crippen LogP contribution in [0.2, 0.25) is 0 Å². The van der Waals surface area contributed by atoms with Crippen molar-refractivity contribution in [1.29, 1.82) is 0 Å². The lowest BCUT2D eigenvalue weighted by Gasteiger charge is -2.33. The van der Waals surface area contributed by atoms with Crippen molar-refractivity contribution in [3.05, 3.63) is 85.3 Å². The van der Waals surface area contributed by atoms with Gasteiger partial charge in [-0.2, -0.15) is 0 Å². The summed E-state index contributed by atoms with van der Waals surface area (Å²) in [5.74, 6) is -0.451. The number of benzene rings is 3. The number of carbonyl (C=O) groups excluding carboxylic acids is 1. The van der Waals surface area contributed by atoms with Gasteiger partial charge in [0.1, 0.15) is 5.82 Å². The first-order valence-corrected chi connectivity index (χ1v) is 11.9. The number of hydrogen-bond donors (Lipinski definition) is 3. The number of morpholine rings is 1. The van der Waals surface area contributed by atoms with Crippen molar-refractivity contribution in [2.24, 2.45) is 0 Å². The summed E-state index contributed by atoms with van der Waals surface area (Å²) in [5.41, 5.74) is 3.67. The first kappa shape index (κ1) is 24.4. The van der Waals surface area contributed by atoms with Crippen molar-refractivity contribution in [2.45, 2.75) is 6.10 Å². The van der Waals surface area contributed by atoms with Crippen molar-refractivity contribution in [2.75, 3.05) is 41.8 Å². The molecule has 3 N–H and O–H groups in total. The van der Waals surface area contributed by atoms with Crippen LogP contribution in [0.15, 0.2) is 79.5 Å². The number of aliphatic hydroxyl groups is 1. The molecule has 1 atom stereocenters. The Balaban J connectivity index is 1.42. The van der Waals surface area contributed by atoms with Crippen LogP contribution in [0.25, 0.3) is 22.0 Å². The number of anilines is 4. The summed E-state index contributed by atoms with van der Waals surface area (Å²) >= 11 is 0. The van der Waals surface area contributed by atoms with Gasteiger partial charge in [-0.1, -0.05) is 18.7 Å². The Bertz CT molecular complexity index is 1440. The molecular formula is C28H26FN5O3. The van der Waals surface area contributed by atoms with Gasteiger partial charge in [-0.15, -0.1) is 0 Å². The number of amides is 1. The molecule has 0 spiro atoms. The number of fused-ring (bicyclic) bond motifs is 1. The first-order valence-electron chi connectivity index (χ1n) is 11.9. The van der Waals surface area contributed by atoms with E-state index < -0.39 is 5.82 Å². The summed E-state index contributed by atoms with van der Waals surface area (Å²) in [7, 11) is 0. The van der Waals surface area contributed by atoms with E-state index >= 15 is 4.39 Å². The topological polar surface area (TPSA) is 99.6 Å². The van der Waals surface area contributed by atoms with Crippen molar-refractivity contribution in [3.8, 4) is 11.1 Å². The summed E-state index contributed by atoms with van der Waals surface area (Å²) in [5, 5.41) is 16.0. The number of halogens is 1. The van der Waals surface area contributed by atoms with Gasteiger partial charge in [0, 0.05) is 47.3 Å². The van der Waals surface area contributed by atoms with Crippen molar-refractivity contribution in [1.82, 2.24) is 9.97 Å². The molecular weight excluding hydrogens is 473 g/mol. The fourth-order valence-electron chi connectivity index (χ4n) is 4.30. The highest BCUT2D eigenvalue weighted by atomic mass is 19.1. The van der Waals surface area contributed by atoms with E-state index in [1.165, 1.54) is 12.1 Å². The summed E-state index contributed by atoms with van der Waals surface area (Å²) in [6, 6.07) is 17.8. The highest BCUT2D eigenvalue weighted by Gasteiger charge is 2.20. The summed E-state index contributed by atoms with van der Waals surface area (Å²) in [6.45, 7) is 5.40. The molecule has 2 heterocycles. The normalized spacial score (nSPS) is 15.4. The Morgan fingerprint density at radius 3 is 2.81 bits per heavy atom. The predicted octanol–water partition coefficient (Wildman–Crippen LogP) is 4.50. The third kappa shape index (κ3) is 5.42. The fourth-order valence-corrected chi connectivity index (χ4v) is 4.30. The van der Waals surface area contributed by atoms with Crippen molar-refractivity contribution < 1.29 is 19.0 Å². The third-order valence-electron chi connectivity index (χ3n) is 6.14. The fraction of sp³-hybridized carbons (Fsp3) is 0.179. The molecule has 37 heavy (non-hydrogen) atoms. The summed E-state index contributed by atoms with van der Waals surface area (Å²) in [4.78, 5) is 22.9. The minimum absolute atomic E-state index is 0.00816. The molecule has 0 bridgehead atoms. The van der Waals surface area contributed by atoms with Gasteiger partial charge >= 0.3 is 0 Å². The number of nitrogens with one attached hydrogen (secondary N) is 2. The van der Waals surface area contributed by atoms with Crippen LogP contribution in [0.1, 0.15) is 0 Å². The van der Waals surface area contributed by atoms with E-state index in [0.29, 0.717) is 46.8 Å². The lowest BCUT2D eigenvalue weighted by Crippen LogP contribution is -2.44. The molecule has 188 valence electrons. The van der Waals surface area contributed by atoms with Gasteiger partial charge in [-0.05, 0) is 60.2 Å². The molecule has 3 aromatic carbocycles. The molecule has 1 amide bonds. The second-order valence-corrected chi connectivity index (χ2v) is 8.62. The van der Waals surface area contributed by atoms with Gasteiger partial charge in [0.2, 0.25) is 11.9 Å². The van der Waals surface area contributed by atoms with Crippen LogP contribution in [-0.2, 0) is 9.53 Å². The predicted molar refractivity (Wildman–Crippen MR) is 143 cm³/mol. The number of rotatable bonds is 7. The maximum absolute atomic E-state index is 15.1. The monoisotopic (exact) mass is 499 g/mol. The van der Waals surface area contributed by atoms with E-state index in [1.54, 1.807) is 36.5 Å². The second-order valence-electron chi connectivity index (χ2n) is 8.62. The zero-order valence-electron chi connectivity index (χ0n) is 20.0. The van der Waals surface area contributed by atoms with Crippen LogP contribution < -0.4 is 15.5 Å². The molecule has 1 aliphatic rings. The highest BCUT2D eigenvalue weighted by Crippen LogP contribution is 2.32. The zero-order chi connectivity index (χ0) is 25.8. The molecule has 0 unspecified atom stereocenters. The van der Waals surface area contributed by atoms with Crippen molar-refractivity contribution >= 4 is 39.8 Å². The molecule has 1 aliphatic heterocycles. The van der Waals surface area contributed by atoms with E-state index in [0.717, 1.165) is 17.9 Å². The van der Waals surface area contributed by atoms with Crippen LogP contribution in [-0.4, -0.2) is 53.4 Å². The number of aliphatic hydroxyl groups excluding tert-OH is 1. The van der Waals surface area contributed by atoms with E-state index in [1.807, 2.05) is 24.3 Å². The molecule has 0 aliphatic carbocycles. The van der Waals surface area contributed by atoms with Crippen molar-refractivity contribution in [3.63, 3.8) is 0 Å². The number of hydrogen-bond acceptors (Lipinski definition) is 7. The first-order chi connectivity index (χ1) is 18.0. The SMILES string of the molecule is C=CC(=O)Nc1cccc(-c2c(F)ccc3cnc(Nc4ccc(N5CCO[C@H](CO)C5)cc4)nc23)c1. The standard InChI is InChI=1S/C28H26FN5O3/c1-2-25(36)31-21-5-3-4-18(14-21)26-24(29)11-6-19-15-30-28(33-27(19)26)32-20-7-9-22(10-8-20)34-12-13-37-23(16-34)17-35/h2-11,14-15,23,35H,1,12-13,16-17H2,(H,31,36)(H,30,32,33)/t23-/m0/s1. The molecule has 4 aromatic rings. The Morgan fingerprint density at radius 1 is 1.19 bits per heavy atom. The van der Waals surface area contributed by atoms with Gasteiger partial charge in [0.05, 0.1) is 24.8 Å². The Kier molecular flexibility index (Phi) is 7.07. The van der Waals surface area contributed by atoms with E-state index in [2.05, 4.69) is 32.1 Å². The summed E-state index contributed by atoms with van der Waals surface area (Å²) < 4.78 is 20.6. The maximum atomic E-state index is 15.1. The van der Waals surface area contributed by atoms with Crippen LogP contribution >= 0.6 is 0 Å². The van der Waals surface area contributed by atoms with Gasteiger partial charge < -0.3 is 25.4 Å². The molecule has 5 rings (SSSR count). The lowest BCUT2D eigenvalue weighted by molar-refractivity contribution is -0.111. The largest absolute Gasteiger partial charge is 0.394 e. The smallest absolute Gasteiger partial charge is 0.247 e. The van der Waals surface area contributed by atoms with Crippen LogP contribution in [0.3, 0.4) is 0 Å². The van der Waals surface area contributed by atoms with E-state index in [9.17, 15) is 9.90 Å². The van der Waals surface area contributed by atoms with E-state index in [4.69, 9.17) is 4.74 Å². The summed E-state index contributed by atoms with van der Waals surface area (Å²) in [6.07, 6.45) is 2.63. The number of nitrogens with zero attached hydrogens (tertiary/aromatic N) is 3. The molecule has 8 nitrogen and oxygen atoms in total. The Labute approximate surface area is 213 Å². The molecule has 1 saturated heterocycles. The van der Waals surface area contributed by atoms with Crippen LogP contribution in [0.4, 0.5) is 27.4 Å². The lowest BCUT2D eigenvalue weighted by atomic mass is 10.0. The third-order valence-corrected chi connectivity index (χ3v) is 6.14. The van der Waals surface area contributed by atoms with Crippen LogP contribution in [0, 0.1) is 5.82 Å². The highest BCUT2D eigenvalue weighted by molar-refractivity contribution is 6.00. The quantitative estimate of drug-likeness (QED) is 0.322. The van der Waals surface area contributed by atoms with E-state index in [-0.39, 0.29) is 18.6 Å². The van der Waals surface area contributed by atoms with Gasteiger partial charge in [0.25, 0.3) is 0 Å². The molecule has 0 saturated carbocycles. The number of carbonyl (C=O) groups is 1. The average Bonchev–Trinajstić information content (AvgIpc) is 2.93. The minimum atomic E-state index is -0.430. The second kappa shape index (κ2) is 10.7. The van der Waals surface area contributed by atoms with Gasteiger partial charge in [-0.3, -0.25) is 4.79 Å². The van der Waals surface area contributed by atoms with Gasteiger partial charge in [0.15, 0.2) is 0 Å². The molecule has 0 radical (unpaired) electrons. The molecule has 1 aromatic heterocycles. The number of ether oxygens (including phenoxy) is 1. The van der Waals surface area contributed by atoms with Gasteiger partial charge in [-0.25, -0.2) is 14.4 Å². The molecule has 1 fully saturated rings. The maximum Gasteiger partial charge on any atom is 0.247 e. The Hall–Kier alpha value is -4.34. The Morgan fingerprint density at radius 2 is 2.03 bits per heavy atom.